The van der Waals surface area contributed by atoms with Crippen LogP contribution in [-0.4, -0.2) is 21.6 Å². The smallest absolute Gasteiger partial charge is 0.232 e. The Kier molecular flexibility index (Phi) is 2.55. The molecule has 1 fully saturated rings. The maximum absolute atomic E-state index is 6.23. The second kappa shape index (κ2) is 3.49. The predicted molar refractivity (Wildman–Crippen MR) is 60.8 cm³/mol. The number of rotatable bonds is 1. The fourth-order valence-electron chi connectivity index (χ4n) is 1.49. The molecule has 0 aromatic carbocycles. The van der Waals surface area contributed by atoms with E-state index in [4.69, 9.17) is 10.3 Å². The maximum Gasteiger partial charge on any atom is 0.232 e. The Labute approximate surface area is 94.0 Å². The second-order valence-electron chi connectivity index (χ2n) is 5.13. The third-order valence-corrected chi connectivity index (χ3v) is 3.78. The molecular formula is C10H17N3OS. The zero-order valence-corrected chi connectivity index (χ0v) is 10.2. The van der Waals surface area contributed by atoms with Crippen molar-refractivity contribution in [2.24, 2.45) is 5.73 Å². The highest BCUT2D eigenvalue weighted by Crippen LogP contribution is 2.33. The van der Waals surface area contributed by atoms with E-state index in [1.54, 1.807) is 0 Å². The van der Waals surface area contributed by atoms with E-state index in [1.807, 2.05) is 11.8 Å². The number of hydrogen-bond acceptors (Lipinski definition) is 5. The Balaban J connectivity index is 2.27. The van der Waals surface area contributed by atoms with Crippen molar-refractivity contribution in [3.63, 3.8) is 0 Å². The van der Waals surface area contributed by atoms with Crippen LogP contribution in [0, 0.1) is 0 Å². The van der Waals surface area contributed by atoms with Gasteiger partial charge in [0.15, 0.2) is 5.82 Å². The molecule has 5 heteroatoms. The summed E-state index contributed by atoms with van der Waals surface area (Å²) < 4.78 is 5.26. The van der Waals surface area contributed by atoms with Crippen molar-refractivity contribution in [2.75, 3.05) is 11.5 Å². The quantitative estimate of drug-likeness (QED) is 0.790. The molecule has 2 heterocycles. The van der Waals surface area contributed by atoms with Gasteiger partial charge in [-0.05, 0) is 12.2 Å². The lowest BCUT2D eigenvalue weighted by molar-refractivity contribution is 0.312. The van der Waals surface area contributed by atoms with Crippen LogP contribution >= 0.6 is 11.8 Å². The number of thioether (sulfide) groups is 1. The van der Waals surface area contributed by atoms with Gasteiger partial charge in [-0.2, -0.15) is 16.7 Å². The molecule has 0 bridgehead atoms. The van der Waals surface area contributed by atoms with E-state index < -0.39 is 0 Å². The van der Waals surface area contributed by atoms with Crippen LogP contribution in [0.15, 0.2) is 4.52 Å². The highest BCUT2D eigenvalue weighted by molar-refractivity contribution is 7.99. The molecule has 0 aliphatic carbocycles. The van der Waals surface area contributed by atoms with Gasteiger partial charge < -0.3 is 10.3 Å². The summed E-state index contributed by atoms with van der Waals surface area (Å²) in [4.78, 5) is 4.42. The van der Waals surface area contributed by atoms with E-state index in [-0.39, 0.29) is 11.0 Å². The summed E-state index contributed by atoms with van der Waals surface area (Å²) in [6.45, 7) is 6.16. The molecule has 1 aliphatic rings. The average molecular weight is 227 g/mol. The molecule has 1 aromatic rings. The van der Waals surface area contributed by atoms with E-state index in [1.165, 1.54) is 0 Å². The highest BCUT2D eigenvalue weighted by Gasteiger charge is 2.37. The van der Waals surface area contributed by atoms with E-state index >= 15 is 0 Å². The minimum atomic E-state index is -0.377. The first kappa shape index (κ1) is 11.0. The van der Waals surface area contributed by atoms with Gasteiger partial charge in [0.05, 0.1) is 5.54 Å². The first-order valence-corrected chi connectivity index (χ1v) is 6.29. The lowest BCUT2D eigenvalue weighted by atomic mass is 9.96. The predicted octanol–water partition coefficient (Wildman–Crippen LogP) is 1.66. The Morgan fingerprint density at radius 2 is 2.20 bits per heavy atom. The summed E-state index contributed by atoms with van der Waals surface area (Å²) >= 11 is 1.85. The molecule has 2 N–H and O–H groups in total. The zero-order chi connectivity index (χ0) is 11.1. The van der Waals surface area contributed by atoms with Gasteiger partial charge in [-0.25, -0.2) is 0 Å². The van der Waals surface area contributed by atoms with Crippen molar-refractivity contribution in [1.29, 1.82) is 0 Å². The fourth-order valence-corrected chi connectivity index (χ4v) is 2.78. The zero-order valence-electron chi connectivity index (χ0n) is 9.41. The van der Waals surface area contributed by atoms with Gasteiger partial charge in [0.2, 0.25) is 5.89 Å². The Morgan fingerprint density at radius 1 is 1.47 bits per heavy atom. The van der Waals surface area contributed by atoms with Gasteiger partial charge in [0.25, 0.3) is 0 Å². The molecule has 0 saturated carbocycles. The topological polar surface area (TPSA) is 64.9 Å². The van der Waals surface area contributed by atoms with Crippen molar-refractivity contribution in [3.05, 3.63) is 11.7 Å². The van der Waals surface area contributed by atoms with Crippen LogP contribution in [-0.2, 0) is 11.0 Å². The van der Waals surface area contributed by atoms with Crippen LogP contribution in [0.4, 0.5) is 0 Å². The van der Waals surface area contributed by atoms with Crippen molar-refractivity contribution in [3.8, 4) is 0 Å². The second-order valence-corrected chi connectivity index (χ2v) is 6.24. The van der Waals surface area contributed by atoms with E-state index in [0.717, 1.165) is 17.9 Å². The monoisotopic (exact) mass is 227 g/mol. The molecule has 0 spiro atoms. The molecule has 1 saturated heterocycles. The maximum atomic E-state index is 6.23. The molecule has 1 atom stereocenters. The standard InChI is InChI=1S/C10H17N3OS/c1-9(2,3)8-12-7(13-14-8)10(11)4-5-15-6-10/h4-6,11H2,1-3H3. The van der Waals surface area contributed by atoms with Gasteiger partial charge in [-0.15, -0.1) is 0 Å². The molecule has 1 aromatic heterocycles. The van der Waals surface area contributed by atoms with Crippen molar-refractivity contribution in [1.82, 2.24) is 10.1 Å². The summed E-state index contributed by atoms with van der Waals surface area (Å²) in [6.07, 6.45) is 0.931. The van der Waals surface area contributed by atoms with Crippen LogP contribution in [0.5, 0.6) is 0 Å². The fraction of sp³-hybridized carbons (Fsp3) is 0.800. The molecule has 1 aliphatic heterocycles. The normalized spacial score (nSPS) is 27.2. The lowest BCUT2D eigenvalue weighted by Crippen LogP contribution is -2.37. The SMILES string of the molecule is CC(C)(C)c1nc(C2(N)CCSC2)no1. The molecule has 15 heavy (non-hydrogen) atoms. The van der Waals surface area contributed by atoms with E-state index in [9.17, 15) is 0 Å². The first-order valence-electron chi connectivity index (χ1n) is 5.13. The molecule has 4 nitrogen and oxygen atoms in total. The van der Waals surface area contributed by atoms with Gasteiger partial charge >= 0.3 is 0 Å². The summed E-state index contributed by atoms with van der Waals surface area (Å²) in [5.41, 5.74) is 5.75. The minimum absolute atomic E-state index is 0.104. The van der Waals surface area contributed by atoms with Crippen molar-refractivity contribution >= 4 is 11.8 Å². The summed E-state index contributed by atoms with van der Waals surface area (Å²) in [6, 6.07) is 0. The van der Waals surface area contributed by atoms with Gasteiger partial charge in [-0.1, -0.05) is 25.9 Å². The largest absolute Gasteiger partial charge is 0.339 e. The van der Waals surface area contributed by atoms with Crippen LogP contribution in [0.1, 0.15) is 38.9 Å². The van der Waals surface area contributed by atoms with Crippen LogP contribution in [0.3, 0.4) is 0 Å². The Morgan fingerprint density at radius 3 is 2.67 bits per heavy atom. The minimum Gasteiger partial charge on any atom is -0.339 e. The third-order valence-electron chi connectivity index (χ3n) is 2.57. The van der Waals surface area contributed by atoms with Crippen molar-refractivity contribution < 1.29 is 4.52 Å². The number of nitrogens with zero attached hydrogens (tertiary/aromatic N) is 2. The molecule has 0 radical (unpaired) electrons. The van der Waals surface area contributed by atoms with Gasteiger partial charge in [0.1, 0.15) is 0 Å². The first-order chi connectivity index (χ1) is 6.92. The summed E-state index contributed by atoms with van der Waals surface area (Å²) in [7, 11) is 0. The Bertz CT molecular complexity index is 350. The molecule has 0 amide bonds. The van der Waals surface area contributed by atoms with Crippen LogP contribution in [0.2, 0.25) is 0 Å². The Hall–Kier alpha value is -0.550. The molecular weight excluding hydrogens is 210 g/mol. The third kappa shape index (κ3) is 2.03. The summed E-state index contributed by atoms with van der Waals surface area (Å²) in [5.74, 6) is 3.29. The van der Waals surface area contributed by atoms with Gasteiger partial charge in [0, 0.05) is 11.2 Å². The molecule has 84 valence electrons. The number of nitrogens with two attached hydrogens (primary N) is 1. The summed E-state index contributed by atoms with van der Waals surface area (Å²) in [5, 5.41) is 4.01. The number of aromatic nitrogens is 2. The average Bonchev–Trinajstić information content (AvgIpc) is 2.69. The molecule has 2 rings (SSSR count). The van der Waals surface area contributed by atoms with E-state index in [0.29, 0.717) is 11.7 Å². The van der Waals surface area contributed by atoms with Crippen molar-refractivity contribution in [2.45, 2.75) is 38.1 Å². The van der Waals surface area contributed by atoms with Crippen LogP contribution < -0.4 is 5.73 Å². The van der Waals surface area contributed by atoms with Gasteiger partial charge in [-0.3, -0.25) is 0 Å². The molecule has 1 unspecified atom stereocenters. The van der Waals surface area contributed by atoms with E-state index in [2.05, 4.69) is 30.9 Å². The lowest BCUT2D eigenvalue weighted by Gasteiger charge is -2.17. The van der Waals surface area contributed by atoms with Crippen LogP contribution in [0.25, 0.3) is 0 Å². The highest BCUT2D eigenvalue weighted by atomic mass is 32.2. The number of hydrogen-bond donors (Lipinski definition) is 1.